The number of hydrogen-bond donors (Lipinski definition) is 1. The summed E-state index contributed by atoms with van der Waals surface area (Å²) in [5.41, 5.74) is 2.20. The Morgan fingerprint density at radius 2 is 2.20 bits per heavy atom. The molecule has 0 aliphatic carbocycles. The average molecular weight is 268 g/mol. The number of nitrogens with one attached hydrogen (secondary N) is 1. The van der Waals surface area contributed by atoms with Crippen molar-refractivity contribution in [1.82, 2.24) is 30.5 Å². The summed E-state index contributed by atoms with van der Waals surface area (Å²) in [6.07, 6.45) is 2.51. The van der Waals surface area contributed by atoms with Gasteiger partial charge in [-0.15, -0.1) is 10.2 Å². The summed E-state index contributed by atoms with van der Waals surface area (Å²) >= 11 is 0. The normalized spacial score (nSPS) is 12.7. The largest absolute Gasteiger partial charge is 0.313 e. The molecule has 0 fully saturated rings. The van der Waals surface area contributed by atoms with Crippen molar-refractivity contribution in [2.45, 2.75) is 12.5 Å². The SMILES string of the molecule is CNC(Cc1nnn(C)n1)c1ccc2ncccc2c1. The van der Waals surface area contributed by atoms with Gasteiger partial charge in [-0.3, -0.25) is 4.98 Å². The summed E-state index contributed by atoms with van der Waals surface area (Å²) in [4.78, 5) is 5.81. The van der Waals surface area contributed by atoms with E-state index in [1.54, 1.807) is 13.2 Å². The van der Waals surface area contributed by atoms with Crippen LogP contribution in [0.2, 0.25) is 0 Å². The Balaban J connectivity index is 1.90. The third kappa shape index (κ3) is 2.50. The molecule has 0 radical (unpaired) electrons. The first kappa shape index (κ1) is 12.7. The molecule has 20 heavy (non-hydrogen) atoms. The molecule has 0 spiro atoms. The maximum absolute atomic E-state index is 4.34. The third-order valence-electron chi connectivity index (χ3n) is 3.31. The lowest BCUT2D eigenvalue weighted by Crippen LogP contribution is -2.19. The van der Waals surface area contributed by atoms with Gasteiger partial charge in [-0.25, -0.2) is 0 Å². The molecule has 0 saturated carbocycles. The number of pyridine rings is 1. The fraction of sp³-hybridized carbons (Fsp3) is 0.286. The van der Waals surface area contributed by atoms with Crippen molar-refractivity contribution >= 4 is 10.9 Å². The predicted molar refractivity (Wildman–Crippen MR) is 76.0 cm³/mol. The van der Waals surface area contributed by atoms with Gasteiger partial charge in [0.05, 0.1) is 12.6 Å². The van der Waals surface area contributed by atoms with Crippen LogP contribution < -0.4 is 5.32 Å². The minimum absolute atomic E-state index is 0.156. The summed E-state index contributed by atoms with van der Waals surface area (Å²) < 4.78 is 0. The molecule has 3 aromatic rings. The first-order valence-electron chi connectivity index (χ1n) is 6.51. The van der Waals surface area contributed by atoms with E-state index < -0.39 is 0 Å². The van der Waals surface area contributed by atoms with Crippen LogP contribution >= 0.6 is 0 Å². The molecular formula is C14H16N6. The van der Waals surface area contributed by atoms with Crippen molar-refractivity contribution in [3.05, 3.63) is 47.9 Å². The van der Waals surface area contributed by atoms with E-state index in [-0.39, 0.29) is 6.04 Å². The van der Waals surface area contributed by atoms with E-state index in [2.05, 4.69) is 43.9 Å². The Morgan fingerprint density at radius 1 is 1.30 bits per heavy atom. The van der Waals surface area contributed by atoms with Crippen LogP contribution in [0.3, 0.4) is 0 Å². The van der Waals surface area contributed by atoms with Crippen molar-refractivity contribution in [3.63, 3.8) is 0 Å². The number of tetrazole rings is 1. The molecule has 1 N–H and O–H groups in total. The highest BCUT2D eigenvalue weighted by atomic mass is 15.6. The van der Waals surface area contributed by atoms with Crippen LogP contribution in [0, 0.1) is 0 Å². The fourth-order valence-corrected chi connectivity index (χ4v) is 2.29. The van der Waals surface area contributed by atoms with E-state index in [9.17, 15) is 0 Å². The summed E-state index contributed by atoms with van der Waals surface area (Å²) in [5, 5.41) is 16.6. The highest BCUT2D eigenvalue weighted by Crippen LogP contribution is 2.20. The molecule has 0 bridgehead atoms. The number of rotatable bonds is 4. The van der Waals surface area contributed by atoms with Crippen molar-refractivity contribution < 1.29 is 0 Å². The zero-order chi connectivity index (χ0) is 13.9. The number of aromatic nitrogens is 5. The molecule has 1 atom stereocenters. The van der Waals surface area contributed by atoms with Gasteiger partial charge in [0, 0.05) is 24.0 Å². The van der Waals surface area contributed by atoms with Gasteiger partial charge in [-0.05, 0) is 36.0 Å². The van der Waals surface area contributed by atoms with Crippen LogP contribution in [0.5, 0.6) is 0 Å². The average Bonchev–Trinajstić information content (AvgIpc) is 2.89. The molecule has 2 heterocycles. The van der Waals surface area contributed by atoms with Crippen LogP contribution in [0.1, 0.15) is 17.4 Å². The Labute approximate surface area is 116 Å². The van der Waals surface area contributed by atoms with Crippen molar-refractivity contribution in [2.75, 3.05) is 7.05 Å². The minimum Gasteiger partial charge on any atom is -0.313 e. The Morgan fingerprint density at radius 3 is 2.95 bits per heavy atom. The van der Waals surface area contributed by atoms with Crippen LogP contribution in [-0.2, 0) is 13.5 Å². The van der Waals surface area contributed by atoms with Gasteiger partial charge in [0.15, 0.2) is 5.82 Å². The van der Waals surface area contributed by atoms with Gasteiger partial charge in [0.25, 0.3) is 0 Å². The smallest absolute Gasteiger partial charge is 0.176 e. The van der Waals surface area contributed by atoms with E-state index in [0.29, 0.717) is 6.42 Å². The first-order valence-corrected chi connectivity index (χ1v) is 6.51. The highest BCUT2D eigenvalue weighted by Gasteiger charge is 2.13. The van der Waals surface area contributed by atoms with Gasteiger partial charge in [-0.1, -0.05) is 12.1 Å². The second-order valence-electron chi connectivity index (χ2n) is 4.70. The molecule has 6 nitrogen and oxygen atoms in total. The lowest BCUT2D eigenvalue weighted by molar-refractivity contribution is 0.570. The number of nitrogens with zero attached hydrogens (tertiary/aromatic N) is 5. The van der Waals surface area contributed by atoms with Crippen molar-refractivity contribution in [3.8, 4) is 0 Å². The number of likely N-dealkylation sites (N-methyl/N-ethyl adjacent to an activating group) is 1. The molecule has 102 valence electrons. The van der Waals surface area contributed by atoms with Gasteiger partial charge < -0.3 is 5.32 Å². The van der Waals surface area contributed by atoms with E-state index in [0.717, 1.165) is 16.7 Å². The Bertz CT molecular complexity index is 720. The molecule has 2 aromatic heterocycles. The molecule has 1 aromatic carbocycles. The monoisotopic (exact) mass is 268 g/mol. The molecule has 0 saturated heterocycles. The summed E-state index contributed by atoms with van der Waals surface area (Å²) in [6, 6.07) is 10.5. The van der Waals surface area contributed by atoms with Gasteiger partial charge >= 0.3 is 0 Å². The van der Waals surface area contributed by atoms with Crippen molar-refractivity contribution in [2.24, 2.45) is 7.05 Å². The molecule has 3 rings (SSSR count). The second kappa shape index (κ2) is 5.34. The molecular weight excluding hydrogens is 252 g/mol. The van der Waals surface area contributed by atoms with Crippen LogP contribution in [0.15, 0.2) is 36.5 Å². The number of hydrogen-bond acceptors (Lipinski definition) is 5. The summed E-state index contributed by atoms with van der Waals surface area (Å²) in [6.45, 7) is 0. The van der Waals surface area contributed by atoms with E-state index >= 15 is 0 Å². The second-order valence-corrected chi connectivity index (χ2v) is 4.70. The quantitative estimate of drug-likeness (QED) is 0.771. The fourth-order valence-electron chi connectivity index (χ4n) is 2.29. The molecule has 6 heteroatoms. The maximum atomic E-state index is 4.34. The van der Waals surface area contributed by atoms with Gasteiger partial charge in [-0.2, -0.15) is 4.80 Å². The topological polar surface area (TPSA) is 68.5 Å². The van der Waals surface area contributed by atoms with Crippen LogP contribution in [0.25, 0.3) is 10.9 Å². The summed E-state index contributed by atoms with van der Waals surface area (Å²) in [5.74, 6) is 0.734. The third-order valence-corrected chi connectivity index (χ3v) is 3.31. The lowest BCUT2D eigenvalue weighted by atomic mass is 10.0. The van der Waals surface area contributed by atoms with Crippen LogP contribution in [-0.4, -0.2) is 32.2 Å². The maximum Gasteiger partial charge on any atom is 0.176 e. The molecule has 0 aliphatic rings. The Kier molecular flexibility index (Phi) is 3.39. The van der Waals surface area contributed by atoms with E-state index in [1.807, 2.05) is 19.2 Å². The predicted octanol–water partition coefficient (Wildman–Crippen LogP) is 1.26. The molecule has 0 aliphatic heterocycles. The molecule has 0 amide bonds. The zero-order valence-corrected chi connectivity index (χ0v) is 11.5. The Hall–Kier alpha value is -2.34. The van der Waals surface area contributed by atoms with Crippen LogP contribution in [0.4, 0.5) is 0 Å². The van der Waals surface area contributed by atoms with Gasteiger partial charge in [0.1, 0.15) is 0 Å². The zero-order valence-electron chi connectivity index (χ0n) is 11.5. The molecule has 1 unspecified atom stereocenters. The minimum atomic E-state index is 0.156. The highest BCUT2D eigenvalue weighted by molar-refractivity contribution is 5.79. The number of fused-ring (bicyclic) bond motifs is 1. The van der Waals surface area contributed by atoms with E-state index in [4.69, 9.17) is 0 Å². The number of aryl methyl sites for hydroxylation is 1. The standard InChI is InChI=1S/C14H16N6/c1-15-13(9-14-17-19-20(2)18-14)11-5-6-12-10(8-11)4-3-7-16-12/h3-8,13,15H,9H2,1-2H3. The van der Waals surface area contributed by atoms with Gasteiger partial charge in [0.2, 0.25) is 0 Å². The van der Waals surface area contributed by atoms with E-state index in [1.165, 1.54) is 10.4 Å². The number of benzene rings is 1. The first-order chi connectivity index (χ1) is 9.76. The summed E-state index contributed by atoms with van der Waals surface area (Å²) in [7, 11) is 3.71. The lowest BCUT2D eigenvalue weighted by Gasteiger charge is -2.15. The van der Waals surface area contributed by atoms with Crippen molar-refractivity contribution in [1.29, 1.82) is 0 Å².